The number of rotatable bonds is 5. The van der Waals surface area contributed by atoms with Crippen molar-refractivity contribution < 1.29 is 19.0 Å². The van der Waals surface area contributed by atoms with E-state index in [1.54, 1.807) is 7.11 Å². The Hall–Kier alpha value is -1.71. The third kappa shape index (κ3) is 2.60. The molecule has 0 radical (unpaired) electrons. The van der Waals surface area contributed by atoms with E-state index in [0.717, 1.165) is 23.7 Å². The van der Waals surface area contributed by atoms with Crippen molar-refractivity contribution in [1.82, 2.24) is 0 Å². The van der Waals surface area contributed by atoms with Crippen LogP contribution >= 0.6 is 0 Å². The number of hydrogen-bond acceptors (Lipinski definition) is 4. The van der Waals surface area contributed by atoms with Gasteiger partial charge in [-0.15, -0.1) is 0 Å². The van der Waals surface area contributed by atoms with Crippen LogP contribution in [0, 0.1) is 5.92 Å². The van der Waals surface area contributed by atoms with Crippen LogP contribution in [0.5, 0.6) is 11.5 Å². The van der Waals surface area contributed by atoms with E-state index in [-0.39, 0.29) is 5.97 Å². The molecule has 0 spiro atoms. The van der Waals surface area contributed by atoms with E-state index in [0.29, 0.717) is 18.8 Å². The number of ether oxygens (including phenoxy) is 3. The van der Waals surface area contributed by atoms with E-state index >= 15 is 0 Å². The smallest absolute Gasteiger partial charge is 0.306 e. The predicted octanol–water partition coefficient (Wildman–Crippen LogP) is 3.04. The fourth-order valence-electron chi connectivity index (χ4n) is 2.51. The van der Waals surface area contributed by atoms with Crippen molar-refractivity contribution in [2.24, 2.45) is 5.92 Å². The molecule has 0 bridgehead atoms. The van der Waals surface area contributed by atoms with E-state index in [4.69, 9.17) is 14.2 Å². The summed E-state index contributed by atoms with van der Waals surface area (Å²) < 4.78 is 16.7. The summed E-state index contributed by atoms with van der Waals surface area (Å²) in [6, 6.07) is 5.77. The van der Waals surface area contributed by atoms with Gasteiger partial charge in [-0.05, 0) is 43.4 Å². The number of carbonyl (C=O) groups is 1. The zero-order chi connectivity index (χ0) is 14.2. The molecule has 4 heteroatoms. The highest BCUT2D eigenvalue weighted by molar-refractivity contribution is 5.72. The summed E-state index contributed by atoms with van der Waals surface area (Å²) in [5.74, 6) is 2.01. The minimum atomic E-state index is -0.541. The predicted molar refractivity (Wildman–Crippen MR) is 73.9 cm³/mol. The molecule has 1 aliphatic heterocycles. The fraction of sp³-hybridized carbons (Fsp3) is 0.562. The van der Waals surface area contributed by atoms with E-state index in [1.807, 2.05) is 25.1 Å². The second kappa shape index (κ2) is 5.00. The lowest BCUT2D eigenvalue weighted by Crippen LogP contribution is -2.21. The number of cyclic esters (lactones) is 1. The van der Waals surface area contributed by atoms with Crippen LogP contribution in [0.1, 0.15) is 38.2 Å². The molecule has 108 valence electrons. The summed E-state index contributed by atoms with van der Waals surface area (Å²) in [6.45, 7) is 2.68. The maximum absolute atomic E-state index is 11.4. The molecule has 1 aromatic rings. The molecule has 0 unspecified atom stereocenters. The molecule has 1 atom stereocenters. The van der Waals surface area contributed by atoms with Crippen LogP contribution in [0.25, 0.3) is 0 Å². The molecule has 1 heterocycles. The van der Waals surface area contributed by atoms with Crippen LogP contribution in [0.3, 0.4) is 0 Å². The normalized spacial score (nSPS) is 25.4. The zero-order valence-corrected chi connectivity index (χ0v) is 12.0. The van der Waals surface area contributed by atoms with Crippen molar-refractivity contribution in [3.8, 4) is 11.5 Å². The average Bonchev–Trinajstić information content (AvgIpc) is 3.21. The van der Waals surface area contributed by atoms with Gasteiger partial charge in [-0.1, -0.05) is 6.07 Å². The SMILES string of the molecule is COc1ccc([C@@]2(C)CCC(=O)O2)cc1OCC1CC1. The Labute approximate surface area is 119 Å². The Morgan fingerprint density at radius 2 is 2.15 bits per heavy atom. The highest BCUT2D eigenvalue weighted by atomic mass is 16.6. The van der Waals surface area contributed by atoms with Gasteiger partial charge in [-0.3, -0.25) is 4.79 Å². The second-order valence-electron chi connectivity index (χ2n) is 5.82. The summed E-state index contributed by atoms with van der Waals surface area (Å²) in [7, 11) is 1.64. The Kier molecular flexibility index (Phi) is 3.32. The van der Waals surface area contributed by atoms with Crippen molar-refractivity contribution in [2.45, 2.75) is 38.2 Å². The van der Waals surface area contributed by atoms with Crippen LogP contribution < -0.4 is 9.47 Å². The van der Waals surface area contributed by atoms with Crippen molar-refractivity contribution in [3.05, 3.63) is 23.8 Å². The first kappa shape index (κ1) is 13.3. The molecule has 0 N–H and O–H groups in total. The van der Waals surface area contributed by atoms with Gasteiger partial charge in [-0.25, -0.2) is 0 Å². The minimum absolute atomic E-state index is 0.135. The maximum atomic E-state index is 11.4. The largest absolute Gasteiger partial charge is 0.493 e. The zero-order valence-electron chi connectivity index (χ0n) is 12.0. The molecule has 20 heavy (non-hydrogen) atoms. The van der Waals surface area contributed by atoms with Gasteiger partial charge in [0.05, 0.1) is 13.7 Å². The van der Waals surface area contributed by atoms with E-state index < -0.39 is 5.60 Å². The first-order valence-corrected chi connectivity index (χ1v) is 7.14. The van der Waals surface area contributed by atoms with Gasteiger partial charge in [0.25, 0.3) is 0 Å². The first-order chi connectivity index (χ1) is 9.60. The molecule has 1 aliphatic carbocycles. The lowest BCUT2D eigenvalue weighted by molar-refractivity contribution is -0.147. The first-order valence-electron chi connectivity index (χ1n) is 7.14. The molecular weight excluding hydrogens is 256 g/mol. The molecule has 3 rings (SSSR count). The van der Waals surface area contributed by atoms with E-state index in [1.165, 1.54) is 12.8 Å². The average molecular weight is 276 g/mol. The van der Waals surface area contributed by atoms with Crippen LogP contribution in [-0.4, -0.2) is 19.7 Å². The van der Waals surface area contributed by atoms with Gasteiger partial charge >= 0.3 is 5.97 Å². The van der Waals surface area contributed by atoms with Crippen LogP contribution in [-0.2, 0) is 15.1 Å². The summed E-state index contributed by atoms with van der Waals surface area (Å²) >= 11 is 0. The molecule has 4 nitrogen and oxygen atoms in total. The lowest BCUT2D eigenvalue weighted by atomic mass is 9.92. The topological polar surface area (TPSA) is 44.8 Å². The Balaban J connectivity index is 1.83. The number of methoxy groups -OCH3 is 1. The molecule has 1 aromatic carbocycles. The second-order valence-corrected chi connectivity index (χ2v) is 5.82. The Morgan fingerprint density at radius 1 is 1.35 bits per heavy atom. The van der Waals surface area contributed by atoms with Crippen molar-refractivity contribution in [2.75, 3.05) is 13.7 Å². The molecule has 0 aromatic heterocycles. The van der Waals surface area contributed by atoms with E-state index in [9.17, 15) is 4.79 Å². The fourth-order valence-corrected chi connectivity index (χ4v) is 2.51. The van der Waals surface area contributed by atoms with Gasteiger partial charge in [0, 0.05) is 12.8 Å². The van der Waals surface area contributed by atoms with Crippen LogP contribution in [0.2, 0.25) is 0 Å². The Morgan fingerprint density at radius 3 is 2.75 bits per heavy atom. The van der Waals surface area contributed by atoms with Gasteiger partial charge in [0.15, 0.2) is 11.5 Å². The van der Waals surface area contributed by atoms with E-state index in [2.05, 4.69) is 0 Å². The molecule has 2 fully saturated rings. The van der Waals surface area contributed by atoms with Gasteiger partial charge in [-0.2, -0.15) is 0 Å². The number of benzene rings is 1. The van der Waals surface area contributed by atoms with Crippen LogP contribution in [0.15, 0.2) is 18.2 Å². The number of esters is 1. The van der Waals surface area contributed by atoms with Gasteiger partial charge in [0.1, 0.15) is 5.60 Å². The summed E-state index contributed by atoms with van der Waals surface area (Å²) in [6.07, 6.45) is 3.68. The quantitative estimate of drug-likeness (QED) is 0.775. The highest BCUT2D eigenvalue weighted by Gasteiger charge is 2.38. The minimum Gasteiger partial charge on any atom is -0.493 e. The standard InChI is InChI=1S/C16H20O4/c1-16(8-7-15(17)20-16)12-5-6-13(18-2)14(9-12)19-10-11-3-4-11/h5-6,9,11H,3-4,7-8,10H2,1-2H3/t16-/m1/s1. The number of carbonyl (C=O) groups excluding carboxylic acids is 1. The van der Waals surface area contributed by atoms with Crippen molar-refractivity contribution in [3.63, 3.8) is 0 Å². The maximum Gasteiger partial charge on any atom is 0.306 e. The van der Waals surface area contributed by atoms with Crippen molar-refractivity contribution >= 4 is 5.97 Å². The molecular formula is C16H20O4. The molecule has 2 aliphatic rings. The van der Waals surface area contributed by atoms with Gasteiger partial charge in [0.2, 0.25) is 0 Å². The lowest BCUT2D eigenvalue weighted by Gasteiger charge is -2.24. The van der Waals surface area contributed by atoms with Crippen LogP contribution in [0.4, 0.5) is 0 Å². The third-order valence-corrected chi connectivity index (χ3v) is 4.09. The van der Waals surface area contributed by atoms with Gasteiger partial charge < -0.3 is 14.2 Å². The highest BCUT2D eigenvalue weighted by Crippen LogP contribution is 2.40. The number of hydrogen-bond donors (Lipinski definition) is 0. The summed E-state index contributed by atoms with van der Waals surface area (Å²) in [5.41, 5.74) is 0.427. The Bertz CT molecular complexity index is 521. The van der Waals surface area contributed by atoms with Crippen molar-refractivity contribution in [1.29, 1.82) is 0 Å². The third-order valence-electron chi connectivity index (χ3n) is 4.09. The summed E-state index contributed by atoms with van der Waals surface area (Å²) in [5, 5.41) is 0. The molecule has 1 saturated heterocycles. The monoisotopic (exact) mass is 276 g/mol. The molecule has 1 saturated carbocycles. The molecule has 0 amide bonds. The summed E-state index contributed by atoms with van der Waals surface area (Å²) in [4.78, 5) is 11.4.